The van der Waals surface area contributed by atoms with Crippen LogP contribution in [0, 0.1) is 17.1 Å². The number of aromatic amines is 2. The number of nitrogens with zero attached hydrogens (tertiary/aromatic N) is 3. The minimum absolute atomic E-state index is 0.0261. The van der Waals surface area contributed by atoms with Gasteiger partial charge in [-0.1, -0.05) is 30.3 Å². The average molecular weight is 375 g/mol. The van der Waals surface area contributed by atoms with E-state index in [1.54, 1.807) is 0 Å². The van der Waals surface area contributed by atoms with Crippen molar-refractivity contribution in [2.75, 3.05) is 0 Å². The van der Waals surface area contributed by atoms with Gasteiger partial charge in [-0.15, -0.1) is 0 Å². The number of rotatable bonds is 3. The number of hydrogen-bond donors (Lipinski definition) is 2. The number of nitriles is 1. The number of fused-ring (bicyclic) bond motifs is 1. The molecule has 2 heterocycles. The SMILES string of the molecule is CC(c1ccccc1)n1cc(-c2cc(F)cc3c(C#N)n[nH]c23)c(=O)[nH]c1=O. The molecule has 0 saturated heterocycles. The minimum atomic E-state index is -0.651. The van der Waals surface area contributed by atoms with E-state index >= 15 is 0 Å². The highest BCUT2D eigenvalue weighted by Gasteiger charge is 2.18. The Morgan fingerprint density at radius 2 is 1.93 bits per heavy atom. The average Bonchev–Trinajstić information content (AvgIpc) is 3.10. The third-order valence-corrected chi connectivity index (χ3v) is 4.70. The first-order valence-electron chi connectivity index (χ1n) is 8.48. The molecule has 0 aliphatic rings. The lowest BCUT2D eigenvalue weighted by Crippen LogP contribution is -2.32. The van der Waals surface area contributed by atoms with Crippen LogP contribution in [0.3, 0.4) is 0 Å². The molecule has 0 saturated carbocycles. The van der Waals surface area contributed by atoms with Gasteiger partial charge in [0, 0.05) is 17.1 Å². The topological polar surface area (TPSA) is 107 Å². The molecule has 1 unspecified atom stereocenters. The van der Waals surface area contributed by atoms with Gasteiger partial charge in [0.15, 0.2) is 5.69 Å². The Hall–Kier alpha value is -3.99. The molecule has 4 aromatic rings. The van der Waals surface area contributed by atoms with Gasteiger partial charge in [0.2, 0.25) is 0 Å². The van der Waals surface area contributed by atoms with E-state index in [4.69, 9.17) is 5.26 Å². The molecule has 4 rings (SSSR count). The van der Waals surface area contributed by atoms with E-state index in [9.17, 15) is 14.0 Å². The summed E-state index contributed by atoms with van der Waals surface area (Å²) in [4.78, 5) is 27.2. The minimum Gasteiger partial charge on any atom is -0.293 e. The molecule has 2 aromatic heterocycles. The third-order valence-electron chi connectivity index (χ3n) is 4.70. The van der Waals surface area contributed by atoms with Crippen molar-refractivity contribution in [3.05, 3.63) is 86.6 Å². The van der Waals surface area contributed by atoms with Gasteiger partial charge >= 0.3 is 5.69 Å². The molecule has 8 heteroatoms. The van der Waals surface area contributed by atoms with Crippen molar-refractivity contribution in [3.8, 4) is 17.2 Å². The summed E-state index contributed by atoms with van der Waals surface area (Å²) in [5.74, 6) is -0.617. The van der Waals surface area contributed by atoms with Crippen LogP contribution in [-0.2, 0) is 0 Å². The fraction of sp³-hybridized carbons (Fsp3) is 0.100. The van der Waals surface area contributed by atoms with Gasteiger partial charge in [-0.3, -0.25) is 19.4 Å². The monoisotopic (exact) mass is 375 g/mol. The van der Waals surface area contributed by atoms with Crippen LogP contribution in [0.2, 0.25) is 0 Å². The highest BCUT2D eigenvalue weighted by atomic mass is 19.1. The second-order valence-corrected chi connectivity index (χ2v) is 6.36. The smallest absolute Gasteiger partial charge is 0.293 e. The summed E-state index contributed by atoms with van der Waals surface area (Å²) in [6.07, 6.45) is 1.40. The summed E-state index contributed by atoms with van der Waals surface area (Å²) in [7, 11) is 0. The first-order valence-corrected chi connectivity index (χ1v) is 8.48. The second kappa shape index (κ2) is 6.63. The largest absolute Gasteiger partial charge is 0.328 e. The lowest BCUT2D eigenvalue weighted by atomic mass is 10.0. The van der Waals surface area contributed by atoms with Crippen LogP contribution in [0.5, 0.6) is 0 Å². The Bertz CT molecular complexity index is 1350. The fourth-order valence-corrected chi connectivity index (χ4v) is 3.24. The molecular weight excluding hydrogens is 361 g/mol. The molecule has 0 aliphatic carbocycles. The predicted octanol–water partition coefficient (Wildman–Crippen LogP) is 2.70. The maximum atomic E-state index is 14.2. The van der Waals surface area contributed by atoms with Crippen LogP contribution in [0.4, 0.5) is 4.39 Å². The van der Waals surface area contributed by atoms with Crippen molar-refractivity contribution in [2.45, 2.75) is 13.0 Å². The van der Waals surface area contributed by atoms with Crippen molar-refractivity contribution in [2.24, 2.45) is 0 Å². The molecule has 0 aliphatic heterocycles. The highest BCUT2D eigenvalue weighted by Crippen LogP contribution is 2.28. The highest BCUT2D eigenvalue weighted by molar-refractivity contribution is 5.95. The lowest BCUT2D eigenvalue weighted by Gasteiger charge is -2.16. The summed E-state index contributed by atoms with van der Waals surface area (Å²) in [5, 5.41) is 15.9. The Morgan fingerprint density at radius 3 is 2.64 bits per heavy atom. The van der Waals surface area contributed by atoms with Crippen molar-refractivity contribution >= 4 is 10.9 Å². The Balaban J connectivity index is 1.97. The normalized spacial score (nSPS) is 12.0. The number of halogens is 1. The lowest BCUT2D eigenvalue weighted by molar-refractivity contribution is 0.595. The van der Waals surface area contributed by atoms with Crippen molar-refractivity contribution in [1.29, 1.82) is 5.26 Å². The Kier molecular flexibility index (Phi) is 4.12. The van der Waals surface area contributed by atoms with Gasteiger partial charge in [-0.25, -0.2) is 9.18 Å². The number of hydrogen-bond acceptors (Lipinski definition) is 4. The van der Waals surface area contributed by atoms with Gasteiger partial charge in [0.25, 0.3) is 5.56 Å². The zero-order valence-corrected chi connectivity index (χ0v) is 14.7. The predicted molar refractivity (Wildman–Crippen MR) is 101 cm³/mol. The molecular formula is C20H14FN5O2. The van der Waals surface area contributed by atoms with Crippen LogP contribution in [0.1, 0.15) is 24.2 Å². The van der Waals surface area contributed by atoms with Gasteiger partial charge in [-0.05, 0) is 24.6 Å². The number of aromatic nitrogens is 4. The molecule has 28 heavy (non-hydrogen) atoms. The van der Waals surface area contributed by atoms with E-state index in [0.29, 0.717) is 5.52 Å². The molecule has 7 nitrogen and oxygen atoms in total. The van der Waals surface area contributed by atoms with Crippen molar-refractivity contribution in [3.63, 3.8) is 0 Å². The first kappa shape index (κ1) is 17.4. The molecule has 0 radical (unpaired) electrons. The van der Waals surface area contributed by atoms with Crippen LogP contribution in [0.15, 0.2) is 58.3 Å². The van der Waals surface area contributed by atoms with Crippen LogP contribution in [0.25, 0.3) is 22.0 Å². The summed E-state index contributed by atoms with van der Waals surface area (Å²) >= 11 is 0. The van der Waals surface area contributed by atoms with E-state index < -0.39 is 17.1 Å². The van der Waals surface area contributed by atoms with E-state index in [1.807, 2.05) is 43.3 Å². The number of H-pyrrole nitrogens is 2. The summed E-state index contributed by atoms with van der Waals surface area (Å²) < 4.78 is 15.6. The molecule has 0 fully saturated rings. The van der Waals surface area contributed by atoms with E-state index in [1.165, 1.54) is 22.9 Å². The van der Waals surface area contributed by atoms with Crippen molar-refractivity contribution < 1.29 is 4.39 Å². The molecule has 2 N–H and O–H groups in total. The first-order chi connectivity index (χ1) is 13.5. The van der Waals surface area contributed by atoms with E-state index in [-0.39, 0.29) is 28.2 Å². The summed E-state index contributed by atoms with van der Waals surface area (Å²) in [6, 6.07) is 13.2. The maximum Gasteiger partial charge on any atom is 0.328 e. The fourth-order valence-electron chi connectivity index (χ4n) is 3.24. The van der Waals surface area contributed by atoms with Crippen LogP contribution < -0.4 is 11.2 Å². The van der Waals surface area contributed by atoms with Crippen molar-refractivity contribution in [1.82, 2.24) is 19.7 Å². The Morgan fingerprint density at radius 1 is 1.18 bits per heavy atom. The zero-order chi connectivity index (χ0) is 19.8. The summed E-state index contributed by atoms with van der Waals surface area (Å²) in [6.45, 7) is 1.82. The Labute approximate surface area is 157 Å². The molecule has 0 amide bonds. The number of benzene rings is 2. The number of nitrogens with one attached hydrogen (secondary N) is 2. The third kappa shape index (κ3) is 2.79. The van der Waals surface area contributed by atoms with Gasteiger partial charge in [-0.2, -0.15) is 10.4 Å². The van der Waals surface area contributed by atoms with Gasteiger partial charge in [0.1, 0.15) is 11.9 Å². The van der Waals surface area contributed by atoms with E-state index in [2.05, 4.69) is 15.2 Å². The maximum absolute atomic E-state index is 14.2. The standard InChI is InChI=1S/C20H14FN5O2/c1-11(12-5-3-2-4-6-12)26-10-16(19(27)23-20(26)28)14-7-13(21)8-15-17(9-22)24-25-18(14)15/h2-8,10-11H,1H3,(H,24,25)(H,23,27,28). The van der Waals surface area contributed by atoms with Gasteiger partial charge in [0.05, 0.1) is 17.1 Å². The quantitative estimate of drug-likeness (QED) is 0.574. The molecule has 0 spiro atoms. The molecule has 2 aromatic carbocycles. The zero-order valence-electron chi connectivity index (χ0n) is 14.7. The van der Waals surface area contributed by atoms with Crippen LogP contribution >= 0.6 is 0 Å². The molecule has 138 valence electrons. The molecule has 1 atom stereocenters. The van der Waals surface area contributed by atoms with E-state index in [0.717, 1.165) is 5.56 Å². The van der Waals surface area contributed by atoms with Crippen LogP contribution in [-0.4, -0.2) is 19.7 Å². The second-order valence-electron chi connectivity index (χ2n) is 6.36. The molecule has 0 bridgehead atoms. The van der Waals surface area contributed by atoms with Gasteiger partial charge < -0.3 is 0 Å². The summed E-state index contributed by atoms with van der Waals surface area (Å²) in [5.41, 5.74) is 0.348.